The zero-order valence-corrected chi connectivity index (χ0v) is 21.1. The summed E-state index contributed by atoms with van der Waals surface area (Å²) in [5.41, 5.74) is 1.18. The number of piperidine rings is 1. The Balaban J connectivity index is 1.31. The van der Waals surface area contributed by atoms with Crippen LogP contribution in [0.25, 0.3) is 0 Å². The van der Waals surface area contributed by atoms with Crippen LogP contribution < -0.4 is 5.32 Å². The Hall–Kier alpha value is -1.98. The van der Waals surface area contributed by atoms with Gasteiger partial charge >= 0.3 is 0 Å². The molecule has 0 aliphatic carbocycles. The summed E-state index contributed by atoms with van der Waals surface area (Å²) in [6.45, 7) is 1.63. The van der Waals surface area contributed by atoms with Crippen LogP contribution in [0.3, 0.4) is 0 Å². The van der Waals surface area contributed by atoms with Crippen molar-refractivity contribution in [3.8, 4) is 0 Å². The average Bonchev–Trinajstić information content (AvgIpc) is 3.37. The molecular formula is C23H28ClN3O5S2. The van der Waals surface area contributed by atoms with E-state index in [1.807, 2.05) is 0 Å². The van der Waals surface area contributed by atoms with Gasteiger partial charge in [-0.3, -0.25) is 4.79 Å². The molecule has 34 heavy (non-hydrogen) atoms. The normalized spacial score (nSPS) is 18.7. The lowest BCUT2D eigenvalue weighted by atomic mass is 9.97. The lowest BCUT2D eigenvalue weighted by molar-refractivity contribution is -0.120. The van der Waals surface area contributed by atoms with Crippen molar-refractivity contribution in [2.45, 2.75) is 36.3 Å². The fourth-order valence-electron chi connectivity index (χ4n) is 4.31. The molecular weight excluding hydrogens is 498 g/mol. The highest BCUT2D eigenvalue weighted by Gasteiger charge is 2.31. The Kier molecular flexibility index (Phi) is 7.63. The van der Waals surface area contributed by atoms with E-state index in [1.165, 1.54) is 20.7 Å². The molecule has 8 nitrogen and oxygen atoms in total. The van der Waals surface area contributed by atoms with Crippen LogP contribution in [0.4, 0.5) is 5.69 Å². The van der Waals surface area contributed by atoms with Crippen molar-refractivity contribution in [2.24, 2.45) is 5.92 Å². The van der Waals surface area contributed by atoms with Crippen molar-refractivity contribution in [2.75, 3.05) is 31.5 Å². The third-order valence-corrected chi connectivity index (χ3v) is 10.3. The fraction of sp³-hybridized carbons (Fsp3) is 0.435. The maximum absolute atomic E-state index is 12.8. The first kappa shape index (κ1) is 25.1. The number of sulfonamides is 2. The van der Waals surface area contributed by atoms with Crippen molar-refractivity contribution >= 4 is 43.2 Å². The maximum Gasteiger partial charge on any atom is 0.243 e. The zero-order valence-electron chi connectivity index (χ0n) is 18.7. The highest BCUT2D eigenvalue weighted by Crippen LogP contribution is 2.25. The number of nitrogens with one attached hydrogen (secondary N) is 1. The van der Waals surface area contributed by atoms with E-state index in [2.05, 4.69) is 5.32 Å². The van der Waals surface area contributed by atoms with Gasteiger partial charge in [-0.25, -0.2) is 21.1 Å². The number of carbonyl (C=O) groups is 1. The van der Waals surface area contributed by atoms with Gasteiger partial charge in [0.1, 0.15) is 0 Å². The summed E-state index contributed by atoms with van der Waals surface area (Å²) < 4.78 is 53.7. The van der Waals surface area contributed by atoms with E-state index in [0.717, 1.165) is 12.8 Å². The van der Waals surface area contributed by atoms with Gasteiger partial charge in [0.2, 0.25) is 26.0 Å². The molecule has 0 radical (unpaired) electrons. The Morgan fingerprint density at radius 2 is 1.44 bits per heavy atom. The molecule has 2 aromatic carbocycles. The van der Waals surface area contributed by atoms with Crippen LogP contribution in [0.1, 0.15) is 31.2 Å². The van der Waals surface area contributed by atoms with Crippen molar-refractivity contribution in [3.05, 3.63) is 59.1 Å². The monoisotopic (exact) mass is 525 g/mol. The van der Waals surface area contributed by atoms with Gasteiger partial charge in [-0.2, -0.15) is 4.31 Å². The predicted molar refractivity (Wildman–Crippen MR) is 131 cm³/mol. The quantitative estimate of drug-likeness (QED) is 0.597. The molecule has 2 aliphatic heterocycles. The molecule has 11 heteroatoms. The number of nitrogens with zero attached hydrogens (tertiary/aromatic N) is 2. The molecule has 1 N–H and O–H groups in total. The van der Waals surface area contributed by atoms with Crippen molar-refractivity contribution < 1.29 is 21.6 Å². The van der Waals surface area contributed by atoms with Gasteiger partial charge in [0.25, 0.3) is 0 Å². The topological polar surface area (TPSA) is 104 Å². The van der Waals surface area contributed by atoms with Gasteiger partial charge in [0.15, 0.2) is 0 Å². The Labute approximate surface area is 206 Å². The fourth-order valence-corrected chi connectivity index (χ4v) is 7.52. The zero-order chi connectivity index (χ0) is 24.3. The lowest BCUT2D eigenvalue weighted by Gasteiger charge is -2.30. The molecule has 2 heterocycles. The summed E-state index contributed by atoms with van der Waals surface area (Å²) in [7, 11) is -6.98. The first-order chi connectivity index (χ1) is 16.1. The van der Waals surface area contributed by atoms with Crippen LogP contribution in [0.2, 0.25) is 5.02 Å². The molecule has 1 amide bonds. The number of halogens is 1. The molecule has 2 aliphatic rings. The van der Waals surface area contributed by atoms with Crippen molar-refractivity contribution in [1.29, 1.82) is 0 Å². The van der Waals surface area contributed by atoms with E-state index >= 15 is 0 Å². The van der Waals surface area contributed by atoms with Gasteiger partial charge in [0.05, 0.1) is 10.6 Å². The van der Waals surface area contributed by atoms with Crippen molar-refractivity contribution in [3.63, 3.8) is 0 Å². The first-order valence-corrected chi connectivity index (χ1v) is 14.7. The van der Waals surface area contributed by atoms with E-state index in [-0.39, 0.29) is 35.6 Å². The predicted octanol–water partition coefficient (Wildman–Crippen LogP) is 3.31. The molecule has 0 spiro atoms. The van der Waals surface area contributed by atoms with Crippen LogP contribution in [0.15, 0.2) is 53.4 Å². The molecule has 2 fully saturated rings. The minimum atomic E-state index is -3.50. The Morgan fingerprint density at radius 3 is 2.03 bits per heavy atom. The van der Waals surface area contributed by atoms with Gasteiger partial charge in [-0.05, 0) is 67.6 Å². The van der Waals surface area contributed by atoms with E-state index in [9.17, 15) is 21.6 Å². The number of amides is 1. The molecule has 2 saturated heterocycles. The molecule has 2 aromatic rings. The smallest absolute Gasteiger partial charge is 0.243 e. The van der Waals surface area contributed by atoms with Crippen LogP contribution in [0, 0.1) is 5.92 Å². The lowest BCUT2D eigenvalue weighted by Crippen LogP contribution is -2.41. The summed E-state index contributed by atoms with van der Waals surface area (Å²) in [6, 6.07) is 12.9. The number of hydrogen-bond acceptors (Lipinski definition) is 5. The highest BCUT2D eigenvalue weighted by atomic mass is 35.5. The Morgan fingerprint density at radius 1 is 0.853 bits per heavy atom. The minimum absolute atomic E-state index is 0.103. The summed E-state index contributed by atoms with van der Waals surface area (Å²) in [6.07, 6.45) is 2.59. The first-order valence-electron chi connectivity index (χ1n) is 11.3. The number of anilines is 1. The molecule has 4 rings (SSSR count). The number of benzene rings is 2. The van der Waals surface area contributed by atoms with Gasteiger partial charge < -0.3 is 5.32 Å². The van der Waals surface area contributed by atoms with Crippen LogP contribution in [-0.2, 0) is 30.6 Å². The number of hydrogen-bond donors (Lipinski definition) is 1. The summed E-state index contributed by atoms with van der Waals surface area (Å²) in [5.74, 6) is -0.604. The molecule has 0 unspecified atom stereocenters. The second kappa shape index (κ2) is 10.3. The van der Waals surface area contributed by atoms with E-state index < -0.39 is 20.0 Å². The minimum Gasteiger partial charge on any atom is -0.326 e. The molecule has 184 valence electrons. The van der Waals surface area contributed by atoms with Gasteiger partial charge in [-0.15, -0.1) is 0 Å². The van der Waals surface area contributed by atoms with Crippen molar-refractivity contribution in [1.82, 2.24) is 8.61 Å². The average molecular weight is 526 g/mol. The SMILES string of the molecule is O=C(Nc1ccc(S(=O)(=O)N2CCCC2)cc1)C1CCN(S(=O)(=O)Cc2ccc(Cl)cc2)CC1. The molecule has 0 aromatic heterocycles. The number of carbonyl (C=O) groups excluding carboxylic acids is 1. The van der Waals surface area contributed by atoms with E-state index in [0.29, 0.717) is 42.2 Å². The third kappa shape index (κ3) is 5.80. The Bertz CT molecular complexity index is 1220. The summed E-state index contributed by atoms with van der Waals surface area (Å²) in [5, 5.41) is 3.38. The van der Waals surface area contributed by atoms with Gasteiger partial charge in [0, 0.05) is 42.8 Å². The van der Waals surface area contributed by atoms with E-state index in [4.69, 9.17) is 11.6 Å². The number of rotatable bonds is 7. The standard InChI is InChI=1S/C23H28ClN3O5S2/c24-20-5-3-18(4-6-20)17-33(29,30)26-15-11-19(12-16-26)23(28)25-21-7-9-22(10-8-21)34(31,32)27-13-1-2-14-27/h3-10,19H,1-2,11-17H2,(H,25,28). The largest absolute Gasteiger partial charge is 0.326 e. The van der Waals surface area contributed by atoms with Crippen LogP contribution in [0.5, 0.6) is 0 Å². The third-order valence-electron chi connectivity index (χ3n) is 6.31. The molecule has 0 atom stereocenters. The second-order valence-corrected chi connectivity index (χ2v) is 13.0. The summed E-state index contributed by atoms with van der Waals surface area (Å²) in [4.78, 5) is 12.9. The van der Waals surface area contributed by atoms with Crippen LogP contribution in [-0.4, -0.2) is 57.5 Å². The second-order valence-electron chi connectivity index (χ2n) is 8.68. The highest BCUT2D eigenvalue weighted by molar-refractivity contribution is 7.89. The molecule has 0 saturated carbocycles. The molecule has 0 bridgehead atoms. The van der Waals surface area contributed by atoms with Crippen LogP contribution >= 0.6 is 11.6 Å². The van der Waals surface area contributed by atoms with E-state index in [1.54, 1.807) is 36.4 Å². The maximum atomic E-state index is 12.8. The van der Waals surface area contributed by atoms with Gasteiger partial charge in [-0.1, -0.05) is 23.7 Å². The summed E-state index contributed by atoms with van der Waals surface area (Å²) >= 11 is 5.86.